The normalized spacial score (nSPS) is 17.2. The van der Waals surface area contributed by atoms with Gasteiger partial charge in [0, 0.05) is 18.2 Å². The van der Waals surface area contributed by atoms with Crippen LogP contribution in [0.1, 0.15) is 40.9 Å². The van der Waals surface area contributed by atoms with Crippen LogP contribution in [0.2, 0.25) is 5.02 Å². The van der Waals surface area contributed by atoms with Crippen LogP contribution in [0.15, 0.2) is 51.4 Å². The lowest BCUT2D eigenvalue weighted by Gasteiger charge is -2.21. The molecular formula is C19H17ClN2O3. The minimum atomic E-state index is -0.138. The Hall–Kier alpha value is -2.53. The molecule has 1 fully saturated rings. The van der Waals surface area contributed by atoms with Crippen molar-refractivity contribution < 1.29 is 13.7 Å². The highest BCUT2D eigenvalue weighted by Gasteiger charge is 2.34. The van der Waals surface area contributed by atoms with E-state index in [0.717, 1.165) is 29.9 Å². The molecule has 1 amide bonds. The topological polar surface area (TPSA) is 59.5 Å². The lowest BCUT2D eigenvalue weighted by atomic mass is 10.1. The third-order valence-corrected chi connectivity index (χ3v) is 4.79. The number of furan rings is 1. The van der Waals surface area contributed by atoms with Crippen molar-refractivity contribution in [1.82, 2.24) is 10.1 Å². The summed E-state index contributed by atoms with van der Waals surface area (Å²) in [6.07, 6.45) is 1.80. The van der Waals surface area contributed by atoms with Gasteiger partial charge < -0.3 is 13.8 Å². The Labute approximate surface area is 150 Å². The highest BCUT2D eigenvalue weighted by atomic mass is 35.5. The van der Waals surface area contributed by atoms with E-state index in [4.69, 9.17) is 20.5 Å². The number of nitrogens with zero attached hydrogens (tertiary/aromatic N) is 2. The molecule has 5 nitrogen and oxygen atoms in total. The van der Waals surface area contributed by atoms with Crippen molar-refractivity contribution in [2.24, 2.45) is 0 Å². The predicted molar refractivity (Wildman–Crippen MR) is 93.4 cm³/mol. The standard InChI is InChI=1S/C19H17ClN2O3/c1-12-11-15(21-25-12)16-7-4-10-22(16)19(23)18-9-8-17(24-18)13-5-2-3-6-14(13)20/h2-3,5-6,8-9,11,16H,4,7,10H2,1H3/t16-/m0/s1. The number of likely N-dealkylation sites (tertiary alicyclic amines) is 1. The maximum Gasteiger partial charge on any atom is 0.290 e. The summed E-state index contributed by atoms with van der Waals surface area (Å²) in [5.41, 5.74) is 1.56. The second-order valence-corrected chi connectivity index (χ2v) is 6.57. The van der Waals surface area contributed by atoms with Crippen LogP contribution in [-0.4, -0.2) is 22.5 Å². The molecule has 128 valence electrons. The molecule has 3 aromatic rings. The summed E-state index contributed by atoms with van der Waals surface area (Å²) in [5.74, 6) is 1.50. The van der Waals surface area contributed by atoms with E-state index in [-0.39, 0.29) is 11.9 Å². The van der Waals surface area contributed by atoms with Crippen molar-refractivity contribution in [3.8, 4) is 11.3 Å². The molecule has 25 heavy (non-hydrogen) atoms. The van der Waals surface area contributed by atoms with Crippen LogP contribution in [-0.2, 0) is 0 Å². The first-order valence-electron chi connectivity index (χ1n) is 8.22. The number of hydrogen-bond acceptors (Lipinski definition) is 4. The molecule has 3 heterocycles. The summed E-state index contributed by atoms with van der Waals surface area (Å²) in [6.45, 7) is 2.53. The molecule has 1 aromatic carbocycles. The van der Waals surface area contributed by atoms with E-state index in [0.29, 0.717) is 23.1 Å². The molecule has 0 N–H and O–H groups in total. The van der Waals surface area contributed by atoms with E-state index in [2.05, 4.69) is 5.16 Å². The van der Waals surface area contributed by atoms with Gasteiger partial charge in [-0.3, -0.25) is 4.79 Å². The summed E-state index contributed by atoms with van der Waals surface area (Å²) >= 11 is 6.21. The number of carbonyl (C=O) groups excluding carboxylic acids is 1. The molecule has 0 spiro atoms. The summed E-state index contributed by atoms with van der Waals surface area (Å²) < 4.78 is 11.0. The van der Waals surface area contributed by atoms with E-state index >= 15 is 0 Å². The van der Waals surface area contributed by atoms with Crippen LogP contribution in [0, 0.1) is 6.92 Å². The average Bonchev–Trinajstić information content (AvgIpc) is 3.34. The Morgan fingerprint density at radius 1 is 1.28 bits per heavy atom. The molecule has 6 heteroatoms. The van der Waals surface area contributed by atoms with Crippen molar-refractivity contribution in [2.45, 2.75) is 25.8 Å². The smallest absolute Gasteiger partial charge is 0.290 e. The van der Waals surface area contributed by atoms with Crippen LogP contribution in [0.4, 0.5) is 0 Å². The second kappa shape index (κ2) is 6.41. The van der Waals surface area contributed by atoms with Crippen LogP contribution in [0.5, 0.6) is 0 Å². The Morgan fingerprint density at radius 3 is 2.88 bits per heavy atom. The van der Waals surface area contributed by atoms with E-state index in [1.54, 1.807) is 23.1 Å². The molecule has 4 rings (SSSR count). The number of halogens is 1. The SMILES string of the molecule is Cc1cc([C@@H]2CCCN2C(=O)c2ccc(-c3ccccc3Cl)o2)no1. The van der Waals surface area contributed by atoms with Crippen molar-refractivity contribution in [1.29, 1.82) is 0 Å². The molecule has 1 saturated heterocycles. The minimum Gasteiger partial charge on any atom is -0.451 e. The molecule has 1 aliphatic heterocycles. The first kappa shape index (κ1) is 16.0. The zero-order valence-electron chi connectivity index (χ0n) is 13.7. The number of amides is 1. The molecule has 0 unspecified atom stereocenters. The highest BCUT2D eigenvalue weighted by Crippen LogP contribution is 2.34. The Balaban J connectivity index is 1.60. The van der Waals surface area contributed by atoms with Crippen molar-refractivity contribution in [3.63, 3.8) is 0 Å². The van der Waals surface area contributed by atoms with Gasteiger partial charge in [0.05, 0.1) is 11.1 Å². The van der Waals surface area contributed by atoms with Gasteiger partial charge in [-0.2, -0.15) is 0 Å². The van der Waals surface area contributed by atoms with Gasteiger partial charge in [-0.25, -0.2) is 0 Å². The Bertz CT molecular complexity index is 915. The number of aryl methyl sites for hydroxylation is 1. The molecule has 1 atom stereocenters. The van der Waals surface area contributed by atoms with Gasteiger partial charge in [0.2, 0.25) is 0 Å². The van der Waals surface area contributed by atoms with Crippen LogP contribution >= 0.6 is 11.6 Å². The number of hydrogen-bond donors (Lipinski definition) is 0. The summed E-state index contributed by atoms with van der Waals surface area (Å²) in [7, 11) is 0. The van der Waals surface area contributed by atoms with Gasteiger partial charge >= 0.3 is 0 Å². The fourth-order valence-corrected chi connectivity index (χ4v) is 3.49. The van der Waals surface area contributed by atoms with Gasteiger partial charge in [0.1, 0.15) is 17.2 Å². The maximum absolute atomic E-state index is 12.9. The zero-order chi connectivity index (χ0) is 17.4. The summed E-state index contributed by atoms with van der Waals surface area (Å²) in [6, 6.07) is 12.7. The number of benzene rings is 1. The lowest BCUT2D eigenvalue weighted by molar-refractivity contribution is 0.0699. The third kappa shape index (κ3) is 2.96. The Morgan fingerprint density at radius 2 is 2.12 bits per heavy atom. The van der Waals surface area contributed by atoms with Crippen molar-refractivity contribution in [3.05, 3.63) is 64.7 Å². The van der Waals surface area contributed by atoms with Gasteiger partial charge in [0.15, 0.2) is 5.76 Å². The van der Waals surface area contributed by atoms with Gasteiger partial charge in [-0.15, -0.1) is 0 Å². The average molecular weight is 357 g/mol. The van der Waals surface area contributed by atoms with E-state index < -0.39 is 0 Å². The van der Waals surface area contributed by atoms with E-state index in [9.17, 15) is 4.79 Å². The first-order valence-corrected chi connectivity index (χ1v) is 8.60. The van der Waals surface area contributed by atoms with Gasteiger partial charge in [-0.1, -0.05) is 28.9 Å². The molecule has 2 aromatic heterocycles. The van der Waals surface area contributed by atoms with Crippen LogP contribution in [0.3, 0.4) is 0 Å². The van der Waals surface area contributed by atoms with Gasteiger partial charge in [0.25, 0.3) is 5.91 Å². The highest BCUT2D eigenvalue weighted by molar-refractivity contribution is 6.33. The monoisotopic (exact) mass is 356 g/mol. The first-order chi connectivity index (χ1) is 12.1. The third-order valence-electron chi connectivity index (χ3n) is 4.46. The lowest BCUT2D eigenvalue weighted by Crippen LogP contribution is -2.30. The van der Waals surface area contributed by atoms with Gasteiger partial charge in [-0.05, 0) is 44.0 Å². The Kier molecular flexibility index (Phi) is 4.09. The van der Waals surface area contributed by atoms with Crippen LogP contribution in [0.25, 0.3) is 11.3 Å². The van der Waals surface area contributed by atoms with Crippen LogP contribution < -0.4 is 0 Å². The molecular weight excluding hydrogens is 340 g/mol. The summed E-state index contributed by atoms with van der Waals surface area (Å²) in [5, 5.41) is 4.66. The second-order valence-electron chi connectivity index (χ2n) is 6.16. The molecule has 0 bridgehead atoms. The van der Waals surface area contributed by atoms with E-state index in [1.807, 2.05) is 31.2 Å². The van der Waals surface area contributed by atoms with Crippen molar-refractivity contribution >= 4 is 17.5 Å². The number of carbonyl (C=O) groups is 1. The largest absolute Gasteiger partial charge is 0.451 e. The number of aromatic nitrogens is 1. The summed E-state index contributed by atoms with van der Waals surface area (Å²) in [4.78, 5) is 14.7. The molecule has 1 aliphatic rings. The minimum absolute atomic E-state index is 0.0705. The van der Waals surface area contributed by atoms with E-state index in [1.165, 1.54) is 0 Å². The quantitative estimate of drug-likeness (QED) is 0.671. The fourth-order valence-electron chi connectivity index (χ4n) is 3.26. The zero-order valence-corrected chi connectivity index (χ0v) is 14.5. The molecule has 0 radical (unpaired) electrons. The predicted octanol–water partition coefficient (Wildman–Crippen LogP) is 4.87. The fraction of sp³-hybridized carbons (Fsp3) is 0.263. The number of rotatable bonds is 3. The molecule has 0 saturated carbocycles. The molecule has 0 aliphatic carbocycles. The maximum atomic E-state index is 12.9. The van der Waals surface area contributed by atoms with Crippen molar-refractivity contribution in [2.75, 3.05) is 6.54 Å².